The molecule has 8 heteroatoms. The number of rotatable bonds is 6. The highest BCUT2D eigenvalue weighted by atomic mass is 35.5. The Labute approximate surface area is 126 Å². The molecule has 0 radical (unpaired) electrons. The van der Waals surface area contributed by atoms with Gasteiger partial charge >= 0.3 is 12.0 Å². The van der Waals surface area contributed by atoms with E-state index in [0.29, 0.717) is 6.54 Å². The van der Waals surface area contributed by atoms with Gasteiger partial charge in [0, 0.05) is 6.54 Å². The molecule has 0 unspecified atom stereocenters. The molecule has 0 fully saturated rings. The molecule has 0 aromatic heterocycles. The van der Waals surface area contributed by atoms with Crippen LogP contribution in [0.3, 0.4) is 0 Å². The van der Waals surface area contributed by atoms with E-state index in [1.807, 2.05) is 6.92 Å². The summed E-state index contributed by atoms with van der Waals surface area (Å²) in [7, 11) is 0. The van der Waals surface area contributed by atoms with Crippen molar-refractivity contribution in [3.05, 3.63) is 28.8 Å². The first-order valence-electron chi connectivity index (χ1n) is 6.29. The molecule has 4 N–H and O–H groups in total. The van der Waals surface area contributed by atoms with Crippen LogP contribution in [-0.2, 0) is 4.79 Å². The molecule has 7 nitrogen and oxygen atoms in total. The van der Waals surface area contributed by atoms with Crippen LogP contribution in [0.15, 0.2) is 18.2 Å². The van der Waals surface area contributed by atoms with Gasteiger partial charge in [0.05, 0.1) is 17.3 Å². The van der Waals surface area contributed by atoms with Crippen LogP contribution >= 0.6 is 11.6 Å². The molecule has 0 aliphatic carbocycles. The maximum atomic E-state index is 11.6. The summed E-state index contributed by atoms with van der Waals surface area (Å²) in [6, 6.07) is 3.64. The van der Waals surface area contributed by atoms with Crippen LogP contribution in [0.1, 0.15) is 23.7 Å². The number of amides is 3. The van der Waals surface area contributed by atoms with Crippen molar-refractivity contribution in [1.82, 2.24) is 10.6 Å². The lowest BCUT2D eigenvalue weighted by Crippen LogP contribution is -2.39. The topological polar surface area (TPSA) is 108 Å². The lowest BCUT2D eigenvalue weighted by atomic mass is 10.2. The minimum atomic E-state index is -1.25. The van der Waals surface area contributed by atoms with Gasteiger partial charge in [0.2, 0.25) is 5.91 Å². The molecular formula is C13H16ClN3O4. The SMILES string of the molecule is CCCNC(=O)CNC(=O)Nc1cccc(Cl)c1C(=O)O. The Balaban J connectivity index is 2.62. The predicted molar refractivity (Wildman–Crippen MR) is 78.7 cm³/mol. The number of carboxylic acid groups (broad SMARTS) is 1. The number of nitrogens with one attached hydrogen (secondary N) is 3. The highest BCUT2D eigenvalue weighted by Crippen LogP contribution is 2.24. The average Bonchev–Trinajstić information content (AvgIpc) is 2.42. The monoisotopic (exact) mass is 313 g/mol. The van der Waals surface area contributed by atoms with Crippen LogP contribution in [0, 0.1) is 0 Å². The van der Waals surface area contributed by atoms with Gasteiger partial charge < -0.3 is 21.1 Å². The number of aromatic carboxylic acids is 1. The third kappa shape index (κ3) is 5.31. The largest absolute Gasteiger partial charge is 0.478 e. The van der Waals surface area contributed by atoms with E-state index >= 15 is 0 Å². The summed E-state index contributed by atoms with van der Waals surface area (Å²) in [5.74, 6) is -1.58. The van der Waals surface area contributed by atoms with E-state index in [4.69, 9.17) is 16.7 Å². The van der Waals surface area contributed by atoms with Gasteiger partial charge in [-0.25, -0.2) is 9.59 Å². The van der Waals surface area contributed by atoms with Gasteiger partial charge in [-0.1, -0.05) is 24.6 Å². The Morgan fingerprint density at radius 1 is 1.24 bits per heavy atom. The minimum Gasteiger partial charge on any atom is -0.478 e. The fraction of sp³-hybridized carbons (Fsp3) is 0.308. The van der Waals surface area contributed by atoms with E-state index in [1.54, 1.807) is 0 Å². The quantitative estimate of drug-likeness (QED) is 0.641. The fourth-order valence-corrected chi connectivity index (χ4v) is 1.76. The maximum absolute atomic E-state index is 11.6. The van der Waals surface area contributed by atoms with Crippen LogP contribution in [0.4, 0.5) is 10.5 Å². The number of urea groups is 1. The van der Waals surface area contributed by atoms with Gasteiger partial charge in [-0.2, -0.15) is 0 Å². The number of carbonyl (C=O) groups excluding carboxylic acids is 2. The van der Waals surface area contributed by atoms with Gasteiger partial charge in [0.15, 0.2) is 0 Å². The maximum Gasteiger partial charge on any atom is 0.339 e. The molecule has 0 aliphatic heterocycles. The molecule has 0 atom stereocenters. The molecule has 114 valence electrons. The van der Waals surface area contributed by atoms with Crippen LogP contribution < -0.4 is 16.0 Å². The van der Waals surface area contributed by atoms with Crippen LogP contribution in [0.25, 0.3) is 0 Å². The van der Waals surface area contributed by atoms with Crippen molar-refractivity contribution >= 4 is 35.2 Å². The number of benzene rings is 1. The highest BCUT2D eigenvalue weighted by Gasteiger charge is 2.16. The van der Waals surface area contributed by atoms with Crippen LogP contribution in [0.5, 0.6) is 0 Å². The molecule has 0 saturated heterocycles. The van der Waals surface area contributed by atoms with Gasteiger partial charge in [-0.05, 0) is 18.6 Å². The Morgan fingerprint density at radius 3 is 2.57 bits per heavy atom. The normalized spacial score (nSPS) is 9.81. The van der Waals surface area contributed by atoms with Crippen molar-refractivity contribution in [2.75, 3.05) is 18.4 Å². The van der Waals surface area contributed by atoms with Crippen molar-refractivity contribution in [1.29, 1.82) is 0 Å². The Morgan fingerprint density at radius 2 is 1.95 bits per heavy atom. The Kier molecular flexibility index (Phi) is 6.48. The van der Waals surface area contributed by atoms with E-state index in [0.717, 1.165) is 6.42 Å². The zero-order valence-corrected chi connectivity index (χ0v) is 12.2. The summed E-state index contributed by atoms with van der Waals surface area (Å²) in [5.41, 5.74) is -0.147. The number of carboxylic acids is 1. The summed E-state index contributed by atoms with van der Waals surface area (Å²) >= 11 is 5.78. The summed E-state index contributed by atoms with van der Waals surface area (Å²) in [6.07, 6.45) is 0.794. The second kappa shape index (κ2) is 8.11. The lowest BCUT2D eigenvalue weighted by Gasteiger charge is -2.10. The van der Waals surface area contributed by atoms with E-state index in [-0.39, 0.29) is 28.7 Å². The molecule has 1 aromatic carbocycles. The first-order valence-corrected chi connectivity index (χ1v) is 6.66. The molecule has 0 spiro atoms. The number of hydrogen-bond acceptors (Lipinski definition) is 3. The Hall–Kier alpha value is -2.28. The first-order chi connectivity index (χ1) is 9.95. The molecule has 1 aromatic rings. The van der Waals surface area contributed by atoms with Gasteiger partial charge in [0.1, 0.15) is 5.56 Å². The summed E-state index contributed by atoms with van der Waals surface area (Å²) in [6.45, 7) is 2.24. The average molecular weight is 314 g/mol. The molecule has 1 rings (SSSR count). The number of anilines is 1. The van der Waals surface area contributed by atoms with E-state index in [1.165, 1.54) is 18.2 Å². The minimum absolute atomic E-state index is 0.0148. The second-order valence-corrected chi connectivity index (χ2v) is 4.53. The van der Waals surface area contributed by atoms with E-state index in [2.05, 4.69) is 16.0 Å². The summed E-state index contributed by atoms with van der Waals surface area (Å²) in [4.78, 5) is 34.0. The summed E-state index contributed by atoms with van der Waals surface area (Å²) < 4.78 is 0. The van der Waals surface area contributed by atoms with Crippen molar-refractivity contribution in [3.63, 3.8) is 0 Å². The number of halogens is 1. The molecule has 0 bridgehead atoms. The lowest BCUT2D eigenvalue weighted by molar-refractivity contribution is -0.120. The number of carbonyl (C=O) groups is 3. The standard InChI is InChI=1S/C13H16ClN3O4/c1-2-6-15-10(18)7-16-13(21)17-9-5-3-4-8(14)11(9)12(19)20/h3-5H,2,6-7H2,1H3,(H,15,18)(H,19,20)(H2,16,17,21). The molecule has 21 heavy (non-hydrogen) atoms. The van der Waals surface area contributed by atoms with Gasteiger partial charge in [0.25, 0.3) is 0 Å². The van der Waals surface area contributed by atoms with E-state index in [9.17, 15) is 14.4 Å². The molecular weight excluding hydrogens is 298 g/mol. The third-order valence-electron chi connectivity index (χ3n) is 2.46. The zero-order chi connectivity index (χ0) is 15.8. The summed E-state index contributed by atoms with van der Waals surface area (Å²) in [5, 5.41) is 16.3. The van der Waals surface area contributed by atoms with Crippen molar-refractivity contribution in [3.8, 4) is 0 Å². The third-order valence-corrected chi connectivity index (χ3v) is 2.77. The second-order valence-electron chi connectivity index (χ2n) is 4.13. The van der Waals surface area contributed by atoms with E-state index < -0.39 is 12.0 Å². The van der Waals surface area contributed by atoms with Crippen molar-refractivity contribution < 1.29 is 19.5 Å². The smallest absolute Gasteiger partial charge is 0.339 e. The number of hydrogen-bond donors (Lipinski definition) is 4. The zero-order valence-electron chi connectivity index (χ0n) is 11.4. The fourth-order valence-electron chi connectivity index (χ4n) is 1.50. The predicted octanol–water partition coefficient (Wildman–Crippen LogP) is 1.69. The highest BCUT2D eigenvalue weighted by molar-refractivity contribution is 6.34. The van der Waals surface area contributed by atoms with Crippen LogP contribution in [0.2, 0.25) is 5.02 Å². The Bertz CT molecular complexity index is 548. The van der Waals surface area contributed by atoms with Crippen molar-refractivity contribution in [2.45, 2.75) is 13.3 Å². The van der Waals surface area contributed by atoms with Gasteiger partial charge in [-0.3, -0.25) is 4.79 Å². The van der Waals surface area contributed by atoms with Crippen LogP contribution in [-0.4, -0.2) is 36.1 Å². The molecule has 3 amide bonds. The molecule has 0 heterocycles. The molecule has 0 saturated carbocycles. The van der Waals surface area contributed by atoms with Crippen molar-refractivity contribution in [2.24, 2.45) is 0 Å². The van der Waals surface area contributed by atoms with Gasteiger partial charge in [-0.15, -0.1) is 0 Å². The first kappa shape index (κ1) is 16.8. The molecule has 0 aliphatic rings.